The third-order valence-corrected chi connectivity index (χ3v) is 4.95. The SMILES string of the molecule is CC(=O)NC1CCN(C(=O)C2(Oc3cccnc3C)CCNCC2)C1. The Morgan fingerprint density at radius 3 is 2.84 bits per heavy atom. The number of aromatic nitrogens is 1. The predicted molar refractivity (Wildman–Crippen MR) is 93.2 cm³/mol. The van der Waals surface area contributed by atoms with Crippen LogP contribution < -0.4 is 15.4 Å². The van der Waals surface area contributed by atoms with Gasteiger partial charge in [0.2, 0.25) is 5.91 Å². The molecule has 3 heterocycles. The van der Waals surface area contributed by atoms with Gasteiger partial charge >= 0.3 is 0 Å². The highest BCUT2D eigenvalue weighted by Crippen LogP contribution is 2.31. The van der Waals surface area contributed by atoms with E-state index in [1.54, 1.807) is 6.20 Å². The Morgan fingerprint density at radius 1 is 1.40 bits per heavy atom. The molecule has 2 aliphatic rings. The first-order valence-electron chi connectivity index (χ1n) is 8.88. The number of amides is 2. The highest BCUT2D eigenvalue weighted by molar-refractivity contribution is 5.86. The highest BCUT2D eigenvalue weighted by atomic mass is 16.5. The molecule has 136 valence electrons. The van der Waals surface area contributed by atoms with Crippen LogP contribution in [0.2, 0.25) is 0 Å². The Bertz CT molecular complexity index is 643. The van der Waals surface area contributed by atoms with Gasteiger partial charge in [0.1, 0.15) is 5.75 Å². The zero-order valence-electron chi connectivity index (χ0n) is 14.9. The number of piperidine rings is 1. The van der Waals surface area contributed by atoms with Gasteiger partial charge in [-0.15, -0.1) is 0 Å². The van der Waals surface area contributed by atoms with Crippen molar-refractivity contribution in [2.45, 2.75) is 44.8 Å². The van der Waals surface area contributed by atoms with E-state index in [0.29, 0.717) is 31.7 Å². The van der Waals surface area contributed by atoms with Crippen LogP contribution in [0.1, 0.15) is 31.9 Å². The number of carbonyl (C=O) groups is 2. The van der Waals surface area contributed by atoms with Crippen molar-refractivity contribution in [2.75, 3.05) is 26.2 Å². The molecule has 1 aromatic heterocycles. The molecule has 2 fully saturated rings. The van der Waals surface area contributed by atoms with E-state index in [1.165, 1.54) is 6.92 Å². The Labute approximate surface area is 148 Å². The van der Waals surface area contributed by atoms with E-state index in [2.05, 4.69) is 15.6 Å². The zero-order valence-corrected chi connectivity index (χ0v) is 14.9. The number of hydrogen-bond donors (Lipinski definition) is 2. The lowest BCUT2D eigenvalue weighted by molar-refractivity contribution is -0.149. The molecule has 0 aliphatic carbocycles. The van der Waals surface area contributed by atoms with Crippen LogP contribution in [-0.4, -0.2) is 59.5 Å². The number of likely N-dealkylation sites (tertiary alicyclic amines) is 1. The third kappa shape index (κ3) is 3.92. The molecule has 2 saturated heterocycles. The third-order valence-electron chi connectivity index (χ3n) is 4.95. The summed E-state index contributed by atoms with van der Waals surface area (Å²) in [6, 6.07) is 3.72. The van der Waals surface area contributed by atoms with Crippen molar-refractivity contribution in [3.8, 4) is 5.75 Å². The zero-order chi connectivity index (χ0) is 17.9. The quantitative estimate of drug-likeness (QED) is 0.835. The summed E-state index contributed by atoms with van der Waals surface area (Å²) in [5.74, 6) is 0.624. The van der Waals surface area contributed by atoms with Gasteiger partial charge < -0.3 is 20.3 Å². The molecule has 2 amide bonds. The number of ether oxygens (including phenoxy) is 1. The molecule has 3 rings (SSSR count). The van der Waals surface area contributed by atoms with E-state index in [-0.39, 0.29) is 17.9 Å². The Hall–Kier alpha value is -2.15. The predicted octanol–water partition coefficient (Wildman–Crippen LogP) is 0.628. The average molecular weight is 346 g/mol. The van der Waals surface area contributed by atoms with Crippen LogP contribution in [0, 0.1) is 6.92 Å². The van der Waals surface area contributed by atoms with Crippen LogP contribution in [-0.2, 0) is 9.59 Å². The Kier molecular flexibility index (Phi) is 5.22. The normalized spacial score (nSPS) is 22.5. The molecular formula is C18H26N4O3. The molecule has 1 atom stereocenters. The van der Waals surface area contributed by atoms with E-state index in [9.17, 15) is 9.59 Å². The minimum atomic E-state index is -0.857. The van der Waals surface area contributed by atoms with Crippen LogP contribution in [0.15, 0.2) is 18.3 Å². The van der Waals surface area contributed by atoms with Crippen molar-refractivity contribution in [3.05, 3.63) is 24.0 Å². The topological polar surface area (TPSA) is 83.6 Å². The lowest BCUT2D eigenvalue weighted by Crippen LogP contribution is -2.57. The van der Waals surface area contributed by atoms with Gasteiger partial charge in [-0.25, -0.2) is 0 Å². The number of nitrogens with one attached hydrogen (secondary N) is 2. The van der Waals surface area contributed by atoms with Crippen molar-refractivity contribution in [3.63, 3.8) is 0 Å². The molecule has 1 aromatic rings. The minimum absolute atomic E-state index is 0.0186. The summed E-state index contributed by atoms with van der Waals surface area (Å²) < 4.78 is 6.28. The second-order valence-electron chi connectivity index (χ2n) is 6.87. The lowest BCUT2D eigenvalue weighted by Gasteiger charge is -2.39. The number of aryl methyl sites for hydroxylation is 1. The number of nitrogens with zero attached hydrogens (tertiary/aromatic N) is 2. The first-order chi connectivity index (χ1) is 12.0. The second-order valence-corrected chi connectivity index (χ2v) is 6.87. The van der Waals surface area contributed by atoms with E-state index in [4.69, 9.17) is 4.74 Å². The van der Waals surface area contributed by atoms with E-state index < -0.39 is 5.60 Å². The van der Waals surface area contributed by atoms with E-state index >= 15 is 0 Å². The van der Waals surface area contributed by atoms with E-state index in [0.717, 1.165) is 25.2 Å². The van der Waals surface area contributed by atoms with Crippen molar-refractivity contribution in [1.82, 2.24) is 20.5 Å². The van der Waals surface area contributed by atoms with Crippen molar-refractivity contribution < 1.29 is 14.3 Å². The van der Waals surface area contributed by atoms with Crippen LogP contribution in [0.25, 0.3) is 0 Å². The molecule has 1 unspecified atom stereocenters. The van der Waals surface area contributed by atoms with Crippen LogP contribution in [0.5, 0.6) is 5.75 Å². The fourth-order valence-corrected chi connectivity index (χ4v) is 3.62. The van der Waals surface area contributed by atoms with Gasteiger partial charge in [-0.2, -0.15) is 0 Å². The molecule has 25 heavy (non-hydrogen) atoms. The summed E-state index contributed by atoms with van der Waals surface area (Å²) in [6.07, 6.45) is 3.76. The summed E-state index contributed by atoms with van der Waals surface area (Å²) in [5, 5.41) is 6.20. The number of carbonyl (C=O) groups excluding carboxylic acids is 2. The fourth-order valence-electron chi connectivity index (χ4n) is 3.62. The van der Waals surface area contributed by atoms with Crippen LogP contribution in [0.3, 0.4) is 0 Å². The molecular weight excluding hydrogens is 320 g/mol. The van der Waals surface area contributed by atoms with Gasteiger partial charge in [0, 0.05) is 45.1 Å². The van der Waals surface area contributed by atoms with Gasteiger partial charge in [-0.3, -0.25) is 14.6 Å². The van der Waals surface area contributed by atoms with Gasteiger partial charge in [-0.05, 0) is 38.6 Å². The second kappa shape index (κ2) is 7.39. The van der Waals surface area contributed by atoms with Gasteiger partial charge in [0.05, 0.1) is 5.69 Å². The maximum atomic E-state index is 13.3. The molecule has 0 bridgehead atoms. The smallest absolute Gasteiger partial charge is 0.266 e. The molecule has 7 heteroatoms. The Balaban J connectivity index is 1.77. The number of pyridine rings is 1. The highest BCUT2D eigenvalue weighted by Gasteiger charge is 2.46. The molecule has 0 radical (unpaired) electrons. The first-order valence-corrected chi connectivity index (χ1v) is 8.88. The number of hydrogen-bond acceptors (Lipinski definition) is 5. The monoisotopic (exact) mass is 346 g/mol. The molecule has 0 saturated carbocycles. The van der Waals surface area contributed by atoms with Gasteiger partial charge in [-0.1, -0.05) is 0 Å². The summed E-state index contributed by atoms with van der Waals surface area (Å²) in [6.45, 7) is 6.07. The lowest BCUT2D eigenvalue weighted by atomic mass is 9.90. The molecule has 2 aliphatic heterocycles. The largest absolute Gasteiger partial charge is 0.475 e. The van der Waals surface area contributed by atoms with E-state index in [1.807, 2.05) is 24.0 Å². The summed E-state index contributed by atoms with van der Waals surface area (Å²) in [4.78, 5) is 30.7. The minimum Gasteiger partial charge on any atom is -0.475 e. The fraction of sp³-hybridized carbons (Fsp3) is 0.611. The summed E-state index contributed by atoms with van der Waals surface area (Å²) >= 11 is 0. The van der Waals surface area contributed by atoms with Gasteiger partial charge in [0.15, 0.2) is 5.60 Å². The summed E-state index contributed by atoms with van der Waals surface area (Å²) in [7, 11) is 0. The van der Waals surface area contributed by atoms with Crippen molar-refractivity contribution in [2.24, 2.45) is 0 Å². The Morgan fingerprint density at radius 2 is 2.16 bits per heavy atom. The standard InChI is InChI=1S/C18H26N4O3/c1-13-16(4-3-8-20-13)25-18(6-9-19-10-7-18)17(24)22-11-5-15(12-22)21-14(2)23/h3-4,8,15,19H,5-7,9-12H2,1-2H3,(H,21,23). The first kappa shape index (κ1) is 17.7. The van der Waals surface area contributed by atoms with Crippen LogP contribution in [0.4, 0.5) is 0 Å². The summed E-state index contributed by atoms with van der Waals surface area (Å²) in [5.41, 5.74) is -0.0739. The van der Waals surface area contributed by atoms with Gasteiger partial charge in [0.25, 0.3) is 5.91 Å². The molecule has 0 spiro atoms. The molecule has 2 N–H and O–H groups in total. The van der Waals surface area contributed by atoms with Crippen LogP contribution >= 0.6 is 0 Å². The van der Waals surface area contributed by atoms with Crippen molar-refractivity contribution >= 4 is 11.8 Å². The maximum Gasteiger partial charge on any atom is 0.266 e. The maximum absolute atomic E-state index is 13.3. The van der Waals surface area contributed by atoms with Crippen molar-refractivity contribution in [1.29, 1.82) is 0 Å². The number of rotatable bonds is 4. The molecule has 7 nitrogen and oxygen atoms in total. The average Bonchev–Trinajstić information content (AvgIpc) is 3.05. The molecule has 0 aromatic carbocycles.